The number of nitro benzene ring substituents is 1. The molecule has 0 fully saturated rings. The van der Waals surface area contributed by atoms with Gasteiger partial charge in [0.05, 0.1) is 16.2 Å². The standard InChI is InChI=1S/C24H22N4O4S/c1-27(24(33)26-23(30)19-12-6-8-14-21(19)28(31)32)20-13-7-5-11-18(20)22(29)25-16-15-17-9-3-2-4-10-17/h2-14H,15-16H2,1H3,(H,25,29)(H,26,30,33). The maximum absolute atomic E-state index is 12.8. The van der Waals surface area contributed by atoms with E-state index in [1.807, 2.05) is 30.3 Å². The van der Waals surface area contributed by atoms with Crippen LogP contribution in [0.5, 0.6) is 0 Å². The Kier molecular flexibility index (Phi) is 7.82. The van der Waals surface area contributed by atoms with E-state index in [9.17, 15) is 19.7 Å². The van der Waals surface area contributed by atoms with E-state index in [1.165, 1.54) is 29.2 Å². The minimum Gasteiger partial charge on any atom is -0.352 e. The van der Waals surface area contributed by atoms with Gasteiger partial charge in [-0.2, -0.15) is 0 Å². The number of benzene rings is 3. The predicted octanol–water partition coefficient (Wildman–Crippen LogP) is 3.72. The van der Waals surface area contributed by atoms with Crippen LogP contribution in [0.3, 0.4) is 0 Å². The molecule has 8 nitrogen and oxygen atoms in total. The number of nitro groups is 1. The van der Waals surface area contributed by atoms with Crippen LogP contribution < -0.4 is 15.5 Å². The van der Waals surface area contributed by atoms with Crippen LogP contribution in [-0.4, -0.2) is 35.4 Å². The van der Waals surface area contributed by atoms with Gasteiger partial charge in [0.25, 0.3) is 17.5 Å². The molecule has 0 saturated heterocycles. The summed E-state index contributed by atoms with van der Waals surface area (Å²) in [7, 11) is 1.61. The third-order valence-electron chi connectivity index (χ3n) is 4.92. The molecule has 0 aromatic heterocycles. The average molecular weight is 463 g/mol. The minimum absolute atomic E-state index is 0.00249. The molecule has 0 saturated carbocycles. The van der Waals surface area contributed by atoms with Crippen molar-refractivity contribution in [3.8, 4) is 0 Å². The number of hydrogen-bond donors (Lipinski definition) is 2. The average Bonchev–Trinajstić information content (AvgIpc) is 2.84. The smallest absolute Gasteiger partial charge is 0.282 e. The van der Waals surface area contributed by atoms with Gasteiger partial charge in [-0.05, 0) is 42.4 Å². The highest BCUT2D eigenvalue weighted by molar-refractivity contribution is 7.80. The van der Waals surface area contributed by atoms with Crippen molar-refractivity contribution < 1.29 is 14.5 Å². The molecule has 0 aliphatic heterocycles. The molecule has 0 bridgehead atoms. The molecule has 3 aromatic rings. The molecule has 0 heterocycles. The molecule has 0 aliphatic rings. The first kappa shape index (κ1) is 23.6. The van der Waals surface area contributed by atoms with Crippen molar-refractivity contribution in [3.63, 3.8) is 0 Å². The first-order valence-electron chi connectivity index (χ1n) is 10.1. The number of nitrogens with one attached hydrogen (secondary N) is 2. The van der Waals surface area contributed by atoms with Gasteiger partial charge in [-0.1, -0.05) is 54.6 Å². The summed E-state index contributed by atoms with van der Waals surface area (Å²) in [5.74, 6) is -0.981. The number of carbonyl (C=O) groups excluding carboxylic acids is 2. The summed E-state index contributed by atoms with van der Waals surface area (Å²) in [6.07, 6.45) is 0.689. The van der Waals surface area contributed by atoms with Crippen LogP contribution in [0.4, 0.5) is 11.4 Å². The van der Waals surface area contributed by atoms with Gasteiger partial charge in [0.1, 0.15) is 5.56 Å². The Morgan fingerprint density at radius 3 is 2.21 bits per heavy atom. The second kappa shape index (κ2) is 11.0. The van der Waals surface area contributed by atoms with Gasteiger partial charge in [-0.3, -0.25) is 25.0 Å². The van der Waals surface area contributed by atoms with E-state index in [0.717, 1.165) is 5.56 Å². The van der Waals surface area contributed by atoms with Gasteiger partial charge in [0.2, 0.25) is 0 Å². The van der Waals surface area contributed by atoms with Crippen LogP contribution in [0.2, 0.25) is 0 Å². The maximum Gasteiger partial charge on any atom is 0.282 e. The lowest BCUT2D eigenvalue weighted by Crippen LogP contribution is -2.41. The molecular weight excluding hydrogens is 440 g/mol. The third-order valence-corrected chi connectivity index (χ3v) is 5.30. The van der Waals surface area contributed by atoms with E-state index in [0.29, 0.717) is 24.2 Å². The van der Waals surface area contributed by atoms with Gasteiger partial charge in [-0.15, -0.1) is 0 Å². The Balaban J connectivity index is 1.69. The summed E-state index contributed by atoms with van der Waals surface area (Å²) < 4.78 is 0. The van der Waals surface area contributed by atoms with E-state index in [2.05, 4.69) is 10.6 Å². The molecular formula is C24H22N4O4S. The zero-order chi connectivity index (χ0) is 23.8. The number of thiocarbonyl (C=S) groups is 1. The highest BCUT2D eigenvalue weighted by atomic mass is 32.1. The fourth-order valence-electron chi connectivity index (χ4n) is 3.20. The third kappa shape index (κ3) is 5.98. The van der Waals surface area contributed by atoms with Gasteiger partial charge in [-0.25, -0.2) is 0 Å². The zero-order valence-corrected chi connectivity index (χ0v) is 18.7. The summed E-state index contributed by atoms with van der Waals surface area (Å²) in [5.41, 5.74) is 1.56. The molecule has 0 aliphatic carbocycles. The lowest BCUT2D eigenvalue weighted by Gasteiger charge is -2.23. The Morgan fingerprint density at radius 1 is 0.909 bits per heavy atom. The van der Waals surface area contributed by atoms with Crippen LogP contribution in [0.25, 0.3) is 0 Å². The Bertz CT molecular complexity index is 1180. The predicted molar refractivity (Wildman–Crippen MR) is 130 cm³/mol. The number of rotatable bonds is 7. The molecule has 0 spiro atoms. The summed E-state index contributed by atoms with van der Waals surface area (Å²) >= 11 is 5.33. The highest BCUT2D eigenvalue weighted by Gasteiger charge is 2.22. The number of para-hydroxylation sites is 2. The summed E-state index contributed by atoms with van der Waals surface area (Å²) in [4.78, 5) is 37.5. The maximum atomic E-state index is 12.8. The quantitative estimate of drug-likeness (QED) is 0.315. The van der Waals surface area contributed by atoms with Crippen molar-refractivity contribution in [2.24, 2.45) is 0 Å². The van der Waals surface area contributed by atoms with Gasteiger partial charge in [0.15, 0.2) is 5.11 Å². The van der Waals surface area contributed by atoms with Crippen molar-refractivity contribution in [1.29, 1.82) is 0 Å². The SMILES string of the molecule is CN(C(=S)NC(=O)c1ccccc1[N+](=O)[O-])c1ccccc1C(=O)NCCc1ccccc1. The number of amides is 2. The fraction of sp³-hybridized carbons (Fsp3) is 0.125. The topological polar surface area (TPSA) is 105 Å². The summed E-state index contributed by atoms with van der Waals surface area (Å²) in [6.45, 7) is 0.458. The molecule has 33 heavy (non-hydrogen) atoms. The van der Waals surface area contributed by atoms with Crippen LogP contribution in [0, 0.1) is 10.1 Å². The van der Waals surface area contributed by atoms with Gasteiger partial charge in [0, 0.05) is 19.7 Å². The second-order valence-corrected chi connectivity index (χ2v) is 7.49. The molecule has 2 amide bonds. The van der Waals surface area contributed by atoms with Crippen LogP contribution in [0.15, 0.2) is 78.9 Å². The van der Waals surface area contributed by atoms with Crippen LogP contribution in [0.1, 0.15) is 26.3 Å². The molecule has 168 valence electrons. The van der Waals surface area contributed by atoms with Crippen LogP contribution >= 0.6 is 12.2 Å². The number of carbonyl (C=O) groups is 2. The number of anilines is 1. The van der Waals surface area contributed by atoms with Crippen molar-refractivity contribution in [1.82, 2.24) is 10.6 Å². The van der Waals surface area contributed by atoms with E-state index in [1.54, 1.807) is 31.3 Å². The zero-order valence-electron chi connectivity index (χ0n) is 17.9. The Morgan fingerprint density at radius 2 is 1.52 bits per heavy atom. The highest BCUT2D eigenvalue weighted by Crippen LogP contribution is 2.21. The number of nitrogens with zero attached hydrogens (tertiary/aromatic N) is 2. The van der Waals surface area contributed by atoms with E-state index in [4.69, 9.17) is 12.2 Å². The normalized spacial score (nSPS) is 10.2. The molecule has 0 atom stereocenters. The first-order valence-corrected chi connectivity index (χ1v) is 10.5. The Labute approximate surface area is 196 Å². The van der Waals surface area contributed by atoms with Crippen LogP contribution in [-0.2, 0) is 6.42 Å². The fourth-order valence-corrected chi connectivity index (χ4v) is 3.39. The Hall–Kier alpha value is -4.11. The van der Waals surface area contributed by atoms with Crippen molar-refractivity contribution in [3.05, 3.63) is 106 Å². The molecule has 3 aromatic carbocycles. The van der Waals surface area contributed by atoms with E-state index < -0.39 is 10.8 Å². The summed E-state index contributed by atoms with van der Waals surface area (Å²) in [6, 6.07) is 22.3. The lowest BCUT2D eigenvalue weighted by molar-refractivity contribution is -0.385. The van der Waals surface area contributed by atoms with Crippen molar-refractivity contribution in [2.45, 2.75) is 6.42 Å². The molecule has 2 N–H and O–H groups in total. The monoisotopic (exact) mass is 462 g/mol. The van der Waals surface area contributed by atoms with Gasteiger partial charge >= 0.3 is 0 Å². The van der Waals surface area contributed by atoms with E-state index in [-0.39, 0.29) is 22.3 Å². The first-order chi connectivity index (χ1) is 15.9. The van der Waals surface area contributed by atoms with Crippen molar-refractivity contribution in [2.75, 3.05) is 18.5 Å². The molecule has 0 radical (unpaired) electrons. The van der Waals surface area contributed by atoms with Gasteiger partial charge < -0.3 is 10.2 Å². The molecule has 3 rings (SSSR count). The molecule has 9 heteroatoms. The summed E-state index contributed by atoms with van der Waals surface area (Å²) in [5, 5.41) is 16.6. The van der Waals surface area contributed by atoms with Crippen molar-refractivity contribution >= 4 is 40.5 Å². The minimum atomic E-state index is -0.705. The largest absolute Gasteiger partial charge is 0.352 e. The second-order valence-electron chi connectivity index (χ2n) is 7.10. The lowest BCUT2D eigenvalue weighted by atomic mass is 10.1. The molecule has 0 unspecified atom stereocenters. The number of hydrogen-bond acceptors (Lipinski definition) is 5. The van der Waals surface area contributed by atoms with E-state index >= 15 is 0 Å².